The number of hydrogen-bond acceptors (Lipinski definition) is 5. The predicted octanol–water partition coefficient (Wildman–Crippen LogP) is 2.98. The maximum Gasteiger partial charge on any atom is 0.410 e. The smallest absolute Gasteiger partial charge is 0.410 e. The molecule has 6 nitrogen and oxygen atoms in total. The van der Waals surface area contributed by atoms with Gasteiger partial charge in [-0.15, -0.1) is 0 Å². The Kier molecular flexibility index (Phi) is 5.57. The molecule has 0 unspecified atom stereocenters. The molecule has 0 radical (unpaired) electrons. The van der Waals surface area contributed by atoms with Crippen LogP contribution in [0.1, 0.15) is 33.6 Å². The first-order chi connectivity index (χ1) is 11.2. The third-order valence-electron chi connectivity index (χ3n) is 4.25. The van der Waals surface area contributed by atoms with Gasteiger partial charge in [-0.3, -0.25) is 0 Å². The Hall–Kier alpha value is -1.98. The lowest BCUT2D eigenvalue weighted by Crippen LogP contribution is -2.47. The van der Waals surface area contributed by atoms with E-state index in [0.29, 0.717) is 0 Å². The molecule has 1 amide bonds. The summed E-state index contributed by atoms with van der Waals surface area (Å²) in [4.78, 5) is 22.7. The Bertz CT molecular complexity index is 543. The topological polar surface area (TPSA) is 48.9 Å². The largest absolute Gasteiger partial charge is 0.444 e. The Labute approximate surface area is 145 Å². The molecule has 2 heterocycles. The molecule has 1 aromatic rings. The molecule has 0 spiro atoms. The fourth-order valence-corrected chi connectivity index (χ4v) is 2.82. The van der Waals surface area contributed by atoms with Crippen LogP contribution in [0.25, 0.3) is 0 Å². The Morgan fingerprint density at radius 3 is 2.29 bits per heavy atom. The highest BCUT2D eigenvalue weighted by Crippen LogP contribution is 2.23. The Morgan fingerprint density at radius 1 is 1.21 bits per heavy atom. The van der Waals surface area contributed by atoms with Gasteiger partial charge in [0, 0.05) is 40.3 Å². The minimum absolute atomic E-state index is 0.227. The highest BCUT2D eigenvalue weighted by molar-refractivity contribution is 5.68. The zero-order valence-electron chi connectivity index (χ0n) is 15.7. The van der Waals surface area contributed by atoms with Crippen LogP contribution in [0.4, 0.5) is 16.3 Å². The van der Waals surface area contributed by atoms with Crippen LogP contribution in [0.5, 0.6) is 0 Å². The SMILES string of the molecule is CN(C)c1ccc(N2CCC(N(C)C(=O)OC(C)(C)C)CC2)cn1. The van der Waals surface area contributed by atoms with Crippen molar-refractivity contribution >= 4 is 17.6 Å². The van der Waals surface area contributed by atoms with Gasteiger partial charge < -0.3 is 19.4 Å². The van der Waals surface area contributed by atoms with Gasteiger partial charge in [0.15, 0.2) is 0 Å². The van der Waals surface area contributed by atoms with Crippen LogP contribution >= 0.6 is 0 Å². The third kappa shape index (κ3) is 4.76. The molecule has 24 heavy (non-hydrogen) atoms. The summed E-state index contributed by atoms with van der Waals surface area (Å²) in [6.45, 7) is 7.52. The molecule has 0 N–H and O–H groups in total. The molecule has 1 saturated heterocycles. The van der Waals surface area contributed by atoms with Gasteiger partial charge in [0.1, 0.15) is 11.4 Å². The quantitative estimate of drug-likeness (QED) is 0.850. The van der Waals surface area contributed by atoms with E-state index in [0.717, 1.165) is 37.4 Å². The van der Waals surface area contributed by atoms with Crippen LogP contribution in [0.3, 0.4) is 0 Å². The summed E-state index contributed by atoms with van der Waals surface area (Å²) in [5.74, 6) is 0.957. The summed E-state index contributed by atoms with van der Waals surface area (Å²) in [7, 11) is 5.81. The maximum absolute atomic E-state index is 12.2. The van der Waals surface area contributed by atoms with Crippen molar-refractivity contribution < 1.29 is 9.53 Å². The van der Waals surface area contributed by atoms with Gasteiger partial charge in [0.05, 0.1) is 11.9 Å². The van der Waals surface area contributed by atoms with E-state index in [9.17, 15) is 4.79 Å². The molecule has 0 saturated carbocycles. The lowest BCUT2D eigenvalue weighted by Gasteiger charge is -2.38. The van der Waals surface area contributed by atoms with Gasteiger partial charge in [-0.05, 0) is 45.7 Å². The number of hydrogen-bond donors (Lipinski definition) is 0. The monoisotopic (exact) mass is 334 g/mol. The lowest BCUT2D eigenvalue weighted by atomic mass is 10.0. The van der Waals surface area contributed by atoms with Gasteiger partial charge >= 0.3 is 6.09 Å². The zero-order chi connectivity index (χ0) is 17.9. The number of anilines is 2. The normalized spacial score (nSPS) is 16.0. The number of pyridine rings is 1. The average molecular weight is 334 g/mol. The average Bonchev–Trinajstić information content (AvgIpc) is 2.53. The van der Waals surface area contributed by atoms with E-state index in [1.807, 2.05) is 59.1 Å². The van der Waals surface area contributed by atoms with Crippen LogP contribution in [-0.2, 0) is 4.74 Å². The summed E-state index contributed by atoms with van der Waals surface area (Å²) in [6, 6.07) is 4.37. The van der Waals surface area contributed by atoms with Crippen LogP contribution in [0.2, 0.25) is 0 Å². The fraction of sp³-hybridized carbons (Fsp3) is 0.667. The highest BCUT2D eigenvalue weighted by Gasteiger charge is 2.28. The van der Waals surface area contributed by atoms with E-state index in [1.54, 1.807) is 4.90 Å². The van der Waals surface area contributed by atoms with Gasteiger partial charge in [-0.1, -0.05) is 0 Å². The molecule has 0 aliphatic carbocycles. The molecule has 134 valence electrons. The molecule has 0 aromatic carbocycles. The molecule has 1 aromatic heterocycles. The highest BCUT2D eigenvalue weighted by atomic mass is 16.6. The fourth-order valence-electron chi connectivity index (χ4n) is 2.82. The molecule has 0 atom stereocenters. The minimum Gasteiger partial charge on any atom is -0.444 e. The molecule has 1 fully saturated rings. The number of ether oxygens (including phenoxy) is 1. The van der Waals surface area contributed by atoms with E-state index in [1.165, 1.54) is 0 Å². The standard InChI is InChI=1S/C18H30N4O2/c1-18(2,3)24-17(23)21(6)14-9-11-22(12-10-14)15-7-8-16(19-13-15)20(4)5/h7-8,13-14H,9-12H2,1-6H3. The van der Waals surface area contributed by atoms with Crippen LogP contribution in [0.15, 0.2) is 18.3 Å². The molecule has 1 aliphatic rings. The van der Waals surface area contributed by atoms with Crippen molar-refractivity contribution in [2.75, 3.05) is 44.0 Å². The summed E-state index contributed by atoms with van der Waals surface area (Å²) in [5, 5.41) is 0. The maximum atomic E-state index is 12.2. The van der Waals surface area contributed by atoms with Crippen molar-refractivity contribution in [1.29, 1.82) is 0 Å². The first kappa shape index (κ1) is 18.4. The Morgan fingerprint density at radius 2 is 1.83 bits per heavy atom. The van der Waals surface area contributed by atoms with E-state index >= 15 is 0 Å². The van der Waals surface area contributed by atoms with Crippen LogP contribution in [-0.4, -0.2) is 61.9 Å². The van der Waals surface area contributed by atoms with Crippen molar-refractivity contribution in [2.45, 2.75) is 45.3 Å². The molecular weight excluding hydrogens is 304 g/mol. The summed E-state index contributed by atoms with van der Waals surface area (Å²) in [5.41, 5.74) is 0.685. The van der Waals surface area contributed by atoms with E-state index in [-0.39, 0.29) is 12.1 Å². The lowest BCUT2D eigenvalue weighted by molar-refractivity contribution is 0.0201. The van der Waals surface area contributed by atoms with Crippen LogP contribution in [0, 0.1) is 0 Å². The first-order valence-electron chi connectivity index (χ1n) is 8.51. The molecular formula is C18H30N4O2. The summed E-state index contributed by atoms with van der Waals surface area (Å²) >= 11 is 0. The first-order valence-corrected chi connectivity index (χ1v) is 8.51. The summed E-state index contributed by atoms with van der Waals surface area (Å²) < 4.78 is 5.46. The third-order valence-corrected chi connectivity index (χ3v) is 4.25. The molecule has 2 rings (SSSR count). The molecule has 6 heteroatoms. The van der Waals surface area contributed by atoms with Crippen molar-refractivity contribution in [3.8, 4) is 0 Å². The number of rotatable bonds is 3. The minimum atomic E-state index is -0.452. The van der Waals surface area contributed by atoms with E-state index < -0.39 is 5.60 Å². The molecule has 0 bridgehead atoms. The van der Waals surface area contributed by atoms with E-state index in [4.69, 9.17) is 4.74 Å². The van der Waals surface area contributed by atoms with Crippen molar-refractivity contribution in [3.05, 3.63) is 18.3 Å². The number of nitrogens with zero attached hydrogens (tertiary/aromatic N) is 4. The van der Waals surface area contributed by atoms with Crippen molar-refractivity contribution in [2.24, 2.45) is 0 Å². The van der Waals surface area contributed by atoms with Crippen molar-refractivity contribution in [1.82, 2.24) is 9.88 Å². The zero-order valence-corrected chi connectivity index (χ0v) is 15.7. The van der Waals surface area contributed by atoms with E-state index in [2.05, 4.69) is 16.0 Å². The van der Waals surface area contributed by atoms with Gasteiger partial charge in [0.2, 0.25) is 0 Å². The second-order valence-corrected chi connectivity index (χ2v) is 7.58. The van der Waals surface area contributed by atoms with Crippen molar-refractivity contribution in [3.63, 3.8) is 0 Å². The molecule has 1 aliphatic heterocycles. The second-order valence-electron chi connectivity index (χ2n) is 7.58. The van der Waals surface area contributed by atoms with Gasteiger partial charge in [0.25, 0.3) is 0 Å². The second kappa shape index (κ2) is 7.28. The number of carbonyl (C=O) groups is 1. The van der Waals surface area contributed by atoms with Gasteiger partial charge in [-0.25, -0.2) is 9.78 Å². The van der Waals surface area contributed by atoms with Gasteiger partial charge in [-0.2, -0.15) is 0 Å². The Balaban J connectivity index is 1.90. The number of amides is 1. The number of carbonyl (C=O) groups excluding carboxylic acids is 1. The number of aromatic nitrogens is 1. The number of piperidine rings is 1. The van der Waals surface area contributed by atoms with Crippen LogP contribution < -0.4 is 9.80 Å². The summed E-state index contributed by atoms with van der Waals surface area (Å²) in [6.07, 6.45) is 3.56. The predicted molar refractivity (Wildman–Crippen MR) is 97.8 cm³/mol.